The van der Waals surface area contributed by atoms with E-state index in [2.05, 4.69) is 245 Å². The number of hydrogen-bond acceptors (Lipinski definition) is 1. The summed E-state index contributed by atoms with van der Waals surface area (Å²) in [7, 11) is -2.82. The van der Waals surface area contributed by atoms with Gasteiger partial charge in [0.05, 0.1) is 5.69 Å². The highest BCUT2D eigenvalue weighted by Gasteiger charge is 2.49. The van der Waals surface area contributed by atoms with E-state index in [1.807, 2.05) is 0 Å². The first-order chi connectivity index (χ1) is 30.3. The molecule has 0 atom stereocenters. The van der Waals surface area contributed by atoms with Crippen molar-refractivity contribution < 1.29 is 0 Å². The molecule has 2 heteroatoms. The first-order valence-corrected chi connectivity index (χ1v) is 24.0. The minimum absolute atomic E-state index is 0.152. The fourth-order valence-corrected chi connectivity index (χ4v) is 16.8. The molecule has 1 nitrogen and oxygen atoms in total. The maximum Gasteiger partial charge on any atom is 0.180 e. The third-order valence-electron chi connectivity index (χ3n) is 14.6. The van der Waals surface area contributed by atoms with Gasteiger partial charge in [0.15, 0.2) is 8.07 Å². The molecule has 0 unspecified atom stereocenters. The first-order valence-electron chi connectivity index (χ1n) is 22.0. The fraction of sp³-hybridized carbons (Fsp3) is 0.100. The van der Waals surface area contributed by atoms with Crippen LogP contribution in [0, 0.1) is 0 Å². The van der Waals surface area contributed by atoms with Gasteiger partial charge < -0.3 is 4.90 Å². The monoisotopic (exact) mass is 809 g/mol. The molecule has 0 radical (unpaired) electrons. The van der Waals surface area contributed by atoms with E-state index in [9.17, 15) is 0 Å². The molecular weight excluding hydrogens is 763 g/mol. The molecule has 12 rings (SSSR count). The van der Waals surface area contributed by atoms with Crippen molar-refractivity contribution in [2.45, 2.75) is 38.5 Å². The van der Waals surface area contributed by atoms with Crippen molar-refractivity contribution in [3.8, 4) is 44.5 Å². The van der Waals surface area contributed by atoms with Crippen molar-refractivity contribution in [1.29, 1.82) is 0 Å². The van der Waals surface area contributed by atoms with E-state index in [-0.39, 0.29) is 10.8 Å². The highest BCUT2D eigenvalue weighted by Crippen LogP contribution is 2.54. The molecule has 9 aromatic rings. The lowest BCUT2D eigenvalue weighted by Gasteiger charge is -2.35. The van der Waals surface area contributed by atoms with Crippen LogP contribution in [-0.2, 0) is 10.8 Å². The molecule has 0 saturated heterocycles. The van der Waals surface area contributed by atoms with Crippen LogP contribution in [0.4, 0.5) is 17.1 Å². The summed E-state index contributed by atoms with van der Waals surface area (Å²) in [4.78, 5) is 2.59. The fourth-order valence-electron chi connectivity index (χ4n) is 11.6. The van der Waals surface area contributed by atoms with Gasteiger partial charge in [-0.2, -0.15) is 0 Å². The van der Waals surface area contributed by atoms with E-state index in [0.717, 1.165) is 11.4 Å². The summed E-state index contributed by atoms with van der Waals surface area (Å²) < 4.78 is 0. The maximum atomic E-state index is 2.59. The van der Waals surface area contributed by atoms with Gasteiger partial charge in [0.25, 0.3) is 0 Å². The Kier molecular flexibility index (Phi) is 8.02. The van der Waals surface area contributed by atoms with Gasteiger partial charge in [0, 0.05) is 27.8 Å². The summed E-state index contributed by atoms with van der Waals surface area (Å²) in [6.07, 6.45) is 0. The summed E-state index contributed by atoms with van der Waals surface area (Å²) in [5.74, 6) is 0. The Morgan fingerprint density at radius 2 is 0.742 bits per heavy atom. The maximum absolute atomic E-state index is 2.82. The van der Waals surface area contributed by atoms with Crippen molar-refractivity contribution >= 4 is 45.9 Å². The van der Waals surface area contributed by atoms with E-state index in [0.29, 0.717) is 0 Å². The van der Waals surface area contributed by atoms with Gasteiger partial charge in [-0.05, 0) is 112 Å². The highest BCUT2D eigenvalue weighted by molar-refractivity contribution is 7.22. The van der Waals surface area contributed by atoms with Crippen molar-refractivity contribution in [1.82, 2.24) is 0 Å². The minimum atomic E-state index is -2.82. The first kappa shape index (κ1) is 36.8. The van der Waals surface area contributed by atoms with Gasteiger partial charge in [-0.3, -0.25) is 0 Å². The number of rotatable bonds is 6. The molecule has 1 aliphatic heterocycles. The third-order valence-corrected chi connectivity index (χ3v) is 19.4. The normalized spacial score (nSPS) is 15.2. The summed E-state index contributed by atoms with van der Waals surface area (Å²) in [6.45, 7) is 9.56. The molecule has 0 N–H and O–H groups in total. The summed E-state index contributed by atoms with van der Waals surface area (Å²) in [5.41, 5.74) is 19.1. The van der Waals surface area contributed by atoms with Crippen molar-refractivity contribution in [3.05, 3.63) is 235 Å². The predicted molar refractivity (Wildman–Crippen MR) is 264 cm³/mol. The van der Waals surface area contributed by atoms with Gasteiger partial charge in [-0.1, -0.05) is 210 Å². The van der Waals surface area contributed by atoms with Crippen molar-refractivity contribution in [2.75, 3.05) is 4.90 Å². The van der Waals surface area contributed by atoms with Crippen LogP contribution in [-0.4, -0.2) is 8.07 Å². The highest BCUT2D eigenvalue weighted by atomic mass is 28.3. The molecule has 0 amide bonds. The topological polar surface area (TPSA) is 3.24 Å². The Morgan fingerprint density at radius 3 is 1.27 bits per heavy atom. The second-order valence-corrected chi connectivity index (χ2v) is 22.2. The van der Waals surface area contributed by atoms with Gasteiger partial charge >= 0.3 is 0 Å². The standard InChI is InChI=1S/C60H47NSi/c1-59(2)52-27-15-11-23-46(52)48-34-31-41(37-54(48)59)61(42-32-35-49-47-24-12-16-28-53(47)60(3,4)55(49)38-42)56-39-44(33-36-45(56)40-19-7-5-8-20-40)62(43-21-9-6-10-22-43)57-29-17-13-25-50(57)51-26-14-18-30-58(51)62/h5-39H,1-4H3. The molecule has 0 fully saturated rings. The molecule has 2 aliphatic carbocycles. The summed E-state index contributed by atoms with van der Waals surface area (Å²) in [6, 6.07) is 80.7. The lowest BCUT2D eigenvalue weighted by atomic mass is 9.82. The molecule has 0 spiro atoms. The van der Waals surface area contributed by atoms with Crippen LogP contribution >= 0.6 is 0 Å². The second kappa shape index (κ2) is 13.5. The Hall–Kier alpha value is -7.00. The molecule has 1 heterocycles. The average molecular weight is 810 g/mol. The molecular formula is C60H47NSi. The number of hydrogen-bond donors (Lipinski definition) is 0. The lowest BCUT2D eigenvalue weighted by molar-refractivity contribution is 0.660. The summed E-state index contributed by atoms with van der Waals surface area (Å²) in [5, 5.41) is 5.68. The van der Waals surface area contributed by atoms with E-state index < -0.39 is 8.07 Å². The quantitative estimate of drug-likeness (QED) is 0.151. The van der Waals surface area contributed by atoms with Crippen LogP contribution in [0.15, 0.2) is 212 Å². The SMILES string of the molecule is CC1(C)c2ccccc2-c2ccc(N(c3ccc4c(c3)C(C)(C)c3ccccc3-4)c3cc([Si]4(c5ccccc5)c5ccccc5-c5ccccc54)ccc3-c3ccccc3)cc21. The average Bonchev–Trinajstić information content (AvgIpc) is 3.84. The number of anilines is 3. The van der Waals surface area contributed by atoms with Crippen LogP contribution in [0.25, 0.3) is 44.5 Å². The minimum Gasteiger partial charge on any atom is -0.310 e. The van der Waals surface area contributed by atoms with Crippen molar-refractivity contribution in [3.63, 3.8) is 0 Å². The Bertz CT molecular complexity index is 3100. The summed E-state index contributed by atoms with van der Waals surface area (Å²) >= 11 is 0. The van der Waals surface area contributed by atoms with E-state index in [4.69, 9.17) is 0 Å². The molecule has 296 valence electrons. The van der Waals surface area contributed by atoms with Crippen LogP contribution in [0.1, 0.15) is 49.9 Å². The molecule has 0 aromatic heterocycles. The van der Waals surface area contributed by atoms with Gasteiger partial charge in [0.1, 0.15) is 0 Å². The Balaban J connectivity index is 1.17. The third kappa shape index (κ3) is 5.08. The van der Waals surface area contributed by atoms with Gasteiger partial charge in [0.2, 0.25) is 0 Å². The number of nitrogens with zero attached hydrogens (tertiary/aromatic N) is 1. The number of fused-ring (bicyclic) bond motifs is 9. The number of benzene rings is 9. The van der Waals surface area contributed by atoms with Gasteiger partial charge in [-0.15, -0.1) is 0 Å². The van der Waals surface area contributed by atoms with Crippen molar-refractivity contribution in [2.24, 2.45) is 0 Å². The van der Waals surface area contributed by atoms with Crippen LogP contribution < -0.4 is 25.6 Å². The van der Waals surface area contributed by atoms with E-state index in [1.54, 1.807) is 0 Å². The lowest BCUT2D eigenvalue weighted by Crippen LogP contribution is -2.72. The molecule has 62 heavy (non-hydrogen) atoms. The van der Waals surface area contributed by atoms with E-state index >= 15 is 0 Å². The molecule has 0 saturated carbocycles. The van der Waals surface area contributed by atoms with E-state index in [1.165, 1.54) is 93.2 Å². The molecule has 9 aromatic carbocycles. The molecule has 0 bridgehead atoms. The smallest absolute Gasteiger partial charge is 0.180 e. The zero-order valence-corrected chi connectivity index (χ0v) is 36.7. The second-order valence-electron chi connectivity index (χ2n) is 18.4. The largest absolute Gasteiger partial charge is 0.310 e. The van der Waals surface area contributed by atoms with Crippen LogP contribution in [0.3, 0.4) is 0 Å². The Morgan fingerprint density at radius 1 is 0.323 bits per heavy atom. The Labute approximate surface area is 366 Å². The zero-order chi connectivity index (χ0) is 41.8. The van der Waals surface area contributed by atoms with Crippen LogP contribution in [0.5, 0.6) is 0 Å². The van der Waals surface area contributed by atoms with Crippen LogP contribution in [0.2, 0.25) is 0 Å². The zero-order valence-electron chi connectivity index (χ0n) is 35.7. The predicted octanol–water partition coefficient (Wildman–Crippen LogP) is 12.8. The molecule has 3 aliphatic rings. The van der Waals surface area contributed by atoms with Gasteiger partial charge in [-0.25, -0.2) is 0 Å².